The quantitative estimate of drug-likeness (QED) is 0.511. The number of carbonyl (C=O) groups excluding carboxylic acids is 1. The first kappa shape index (κ1) is 21.5. The Kier molecular flexibility index (Phi) is 6.85. The van der Waals surface area contributed by atoms with Gasteiger partial charge in [0.05, 0.1) is 6.61 Å². The third kappa shape index (κ3) is 5.67. The minimum Gasteiger partial charge on any atom is -0.478 e. The molecule has 0 aliphatic carbocycles. The molecule has 5 heteroatoms. The molecule has 3 aromatic carbocycles. The van der Waals surface area contributed by atoms with Gasteiger partial charge in [0.2, 0.25) is 0 Å². The molecule has 1 N–H and O–H groups in total. The average molecular weight is 407 g/mol. The lowest BCUT2D eigenvalue weighted by Gasteiger charge is -2.25. The van der Waals surface area contributed by atoms with E-state index in [0.717, 1.165) is 16.7 Å². The lowest BCUT2D eigenvalue weighted by atomic mass is 10.0. The molecule has 0 atom stereocenters. The summed E-state index contributed by atoms with van der Waals surface area (Å²) in [5, 5.41) is 2.87. The van der Waals surface area contributed by atoms with Crippen LogP contribution in [0.4, 0.5) is 10.1 Å². The average Bonchev–Trinajstić information content (AvgIpc) is 2.75. The first-order valence-corrected chi connectivity index (χ1v) is 9.90. The Labute approximate surface area is 176 Å². The van der Waals surface area contributed by atoms with Crippen molar-refractivity contribution in [3.63, 3.8) is 0 Å². The van der Waals surface area contributed by atoms with E-state index >= 15 is 0 Å². The molecule has 0 fully saturated rings. The summed E-state index contributed by atoms with van der Waals surface area (Å²) in [5.74, 6) is -0.215. The summed E-state index contributed by atoms with van der Waals surface area (Å²) in [5.41, 5.74) is 2.83. The van der Waals surface area contributed by atoms with Gasteiger partial charge in [0, 0.05) is 12.3 Å². The van der Waals surface area contributed by atoms with Crippen molar-refractivity contribution in [2.75, 3.05) is 11.9 Å². The van der Waals surface area contributed by atoms with Crippen molar-refractivity contribution >= 4 is 11.6 Å². The molecule has 3 aromatic rings. The van der Waals surface area contributed by atoms with Gasteiger partial charge in [-0.05, 0) is 73.9 Å². The van der Waals surface area contributed by atoms with E-state index in [1.807, 2.05) is 31.2 Å². The second-order valence-electron chi connectivity index (χ2n) is 7.43. The fourth-order valence-corrected chi connectivity index (χ4v) is 2.88. The van der Waals surface area contributed by atoms with Crippen LogP contribution >= 0.6 is 0 Å². The van der Waals surface area contributed by atoms with Gasteiger partial charge in [0.15, 0.2) is 5.60 Å². The highest BCUT2D eigenvalue weighted by molar-refractivity contribution is 5.97. The van der Waals surface area contributed by atoms with Crippen molar-refractivity contribution in [3.8, 4) is 16.9 Å². The summed E-state index contributed by atoms with van der Waals surface area (Å²) in [6.45, 7) is 6.62. The largest absolute Gasteiger partial charge is 0.478 e. The molecule has 3 rings (SSSR count). The van der Waals surface area contributed by atoms with Gasteiger partial charge in [-0.2, -0.15) is 0 Å². The van der Waals surface area contributed by atoms with E-state index in [-0.39, 0.29) is 11.7 Å². The summed E-state index contributed by atoms with van der Waals surface area (Å²) in [4.78, 5) is 12.7. The Morgan fingerprint density at radius 1 is 0.900 bits per heavy atom. The van der Waals surface area contributed by atoms with E-state index in [1.165, 1.54) is 24.3 Å². The molecule has 0 bridgehead atoms. The number of carbonyl (C=O) groups is 1. The number of hydrogen-bond donors (Lipinski definition) is 1. The van der Waals surface area contributed by atoms with Gasteiger partial charge < -0.3 is 14.8 Å². The van der Waals surface area contributed by atoms with Gasteiger partial charge in [-0.25, -0.2) is 4.39 Å². The Balaban J connectivity index is 1.63. The Bertz CT molecular complexity index is 965. The molecule has 0 aliphatic rings. The second-order valence-corrected chi connectivity index (χ2v) is 7.43. The standard InChI is InChI=1S/C25H26FNO3/c1-4-29-17-18-5-7-19(8-6-18)20-9-13-22(14-10-20)27-24(28)25(2,3)30-23-15-11-21(26)12-16-23/h5-16H,4,17H2,1-3H3,(H,27,28). The summed E-state index contributed by atoms with van der Waals surface area (Å²) in [6.07, 6.45) is 0. The maximum atomic E-state index is 13.0. The van der Waals surface area contributed by atoms with Gasteiger partial charge in [-0.15, -0.1) is 0 Å². The van der Waals surface area contributed by atoms with Crippen LogP contribution in [0.5, 0.6) is 5.75 Å². The van der Waals surface area contributed by atoms with Crippen molar-refractivity contribution < 1.29 is 18.7 Å². The second kappa shape index (κ2) is 9.55. The maximum Gasteiger partial charge on any atom is 0.267 e. The molecule has 156 valence electrons. The monoisotopic (exact) mass is 407 g/mol. The Morgan fingerprint density at radius 2 is 1.47 bits per heavy atom. The fraction of sp³-hybridized carbons (Fsp3) is 0.240. The molecule has 0 unspecified atom stereocenters. The molecule has 0 heterocycles. The Hall–Kier alpha value is -3.18. The molecule has 0 radical (unpaired) electrons. The molecule has 4 nitrogen and oxygen atoms in total. The van der Waals surface area contributed by atoms with Crippen LogP contribution in [0.25, 0.3) is 11.1 Å². The minimum atomic E-state index is -1.12. The van der Waals surface area contributed by atoms with Gasteiger partial charge >= 0.3 is 0 Å². The number of benzene rings is 3. The first-order chi connectivity index (χ1) is 14.4. The number of amides is 1. The zero-order chi connectivity index (χ0) is 21.6. The molecule has 0 saturated heterocycles. The lowest BCUT2D eigenvalue weighted by Crippen LogP contribution is -2.42. The van der Waals surface area contributed by atoms with Crippen LogP contribution in [0.2, 0.25) is 0 Å². The van der Waals surface area contributed by atoms with Crippen molar-refractivity contribution in [1.82, 2.24) is 0 Å². The molecular weight excluding hydrogens is 381 g/mol. The topological polar surface area (TPSA) is 47.6 Å². The van der Waals surface area contributed by atoms with Crippen LogP contribution < -0.4 is 10.1 Å². The van der Waals surface area contributed by atoms with Crippen LogP contribution in [0.15, 0.2) is 72.8 Å². The number of ether oxygens (including phenoxy) is 2. The molecular formula is C25H26FNO3. The van der Waals surface area contributed by atoms with E-state index in [1.54, 1.807) is 13.8 Å². The molecule has 30 heavy (non-hydrogen) atoms. The van der Waals surface area contributed by atoms with E-state index in [2.05, 4.69) is 29.6 Å². The van der Waals surface area contributed by atoms with Crippen LogP contribution in [0, 0.1) is 5.82 Å². The molecule has 0 spiro atoms. The van der Waals surface area contributed by atoms with Crippen molar-refractivity contribution in [2.45, 2.75) is 33.0 Å². The number of nitrogens with one attached hydrogen (secondary N) is 1. The number of anilines is 1. The van der Waals surface area contributed by atoms with E-state index in [0.29, 0.717) is 24.7 Å². The van der Waals surface area contributed by atoms with Crippen LogP contribution in [-0.4, -0.2) is 18.1 Å². The smallest absolute Gasteiger partial charge is 0.267 e. The molecule has 0 aliphatic heterocycles. The van der Waals surface area contributed by atoms with E-state index < -0.39 is 5.60 Å². The van der Waals surface area contributed by atoms with Crippen molar-refractivity contribution in [2.24, 2.45) is 0 Å². The van der Waals surface area contributed by atoms with Crippen LogP contribution in [0.3, 0.4) is 0 Å². The van der Waals surface area contributed by atoms with Crippen LogP contribution in [-0.2, 0) is 16.1 Å². The van der Waals surface area contributed by atoms with Gasteiger partial charge in [0.1, 0.15) is 11.6 Å². The van der Waals surface area contributed by atoms with Crippen LogP contribution in [0.1, 0.15) is 26.3 Å². The molecule has 1 amide bonds. The first-order valence-electron chi connectivity index (χ1n) is 9.90. The van der Waals surface area contributed by atoms with E-state index in [4.69, 9.17) is 9.47 Å². The van der Waals surface area contributed by atoms with Gasteiger partial charge in [-0.1, -0.05) is 36.4 Å². The third-order valence-corrected chi connectivity index (χ3v) is 4.64. The normalized spacial score (nSPS) is 11.2. The Morgan fingerprint density at radius 3 is 2.03 bits per heavy atom. The number of hydrogen-bond acceptors (Lipinski definition) is 3. The fourth-order valence-electron chi connectivity index (χ4n) is 2.88. The van der Waals surface area contributed by atoms with Crippen molar-refractivity contribution in [1.29, 1.82) is 0 Å². The van der Waals surface area contributed by atoms with E-state index in [9.17, 15) is 9.18 Å². The summed E-state index contributed by atoms with van der Waals surface area (Å²) in [6, 6.07) is 21.4. The SMILES string of the molecule is CCOCc1ccc(-c2ccc(NC(=O)C(C)(C)Oc3ccc(F)cc3)cc2)cc1. The molecule has 0 saturated carbocycles. The highest BCUT2D eigenvalue weighted by atomic mass is 19.1. The highest BCUT2D eigenvalue weighted by Gasteiger charge is 2.30. The summed E-state index contributed by atoms with van der Waals surface area (Å²) >= 11 is 0. The van der Waals surface area contributed by atoms with Crippen molar-refractivity contribution in [3.05, 3.63) is 84.2 Å². The zero-order valence-corrected chi connectivity index (χ0v) is 17.4. The maximum absolute atomic E-state index is 13.0. The zero-order valence-electron chi connectivity index (χ0n) is 17.4. The summed E-state index contributed by atoms with van der Waals surface area (Å²) < 4.78 is 24.2. The predicted octanol–water partition coefficient (Wildman–Crippen LogP) is 5.83. The predicted molar refractivity (Wildman–Crippen MR) is 117 cm³/mol. The summed E-state index contributed by atoms with van der Waals surface area (Å²) in [7, 11) is 0. The minimum absolute atomic E-state index is 0.292. The van der Waals surface area contributed by atoms with Gasteiger partial charge in [-0.3, -0.25) is 4.79 Å². The third-order valence-electron chi connectivity index (χ3n) is 4.64. The van der Waals surface area contributed by atoms with Gasteiger partial charge in [0.25, 0.3) is 5.91 Å². The number of rotatable bonds is 8. The lowest BCUT2D eigenvalue weighted by molar-refractivity contribution is -0.128. The number of halogens is 1. The highest BCUT2D eigenvalue weighted by Crippen LogP contribution is 2.24. The molecule has 0 aromatic heterocycles.